The minimum absolute atomic E-state index is 0.160. The number of benzene rings is 2. The van der Waals surface area contributed by atoms with Gasteiger partial charge in [0.25, 0.3) is 12.3 Å². The summed E-state index contributed by atoms with van der Waals surface area (Å²) in [7, 11) is 0. The van der Waals surface area contributed by atoms with Gasteiger partial charge in [-0.1, -0.05) is 24.0 Å². The van der Waals surface area contributed by atoms with Crippen LogP contribution in [0.1, 0.15) is 33.2 Å². The third kappa shape index (κ3) is 5.55. The first-order valence-corrected chi connectivity index (χ1v) is 15.4. The third-order valence-corrected chi connectivity index (χ3v) is 9.36. The van der Waals surface area contributed by atoms with Crippen LogP contribution < -0.4 is 16.4 Å². The summed E-state index contributed by atoms with van der Waals surface area (Å²) in [6, 6.07) is 10.5. The normalized spacial score (nSPS) is 21.3. The van der Waals surface area contributed by atoms with Crippen molar-refractivity contribution in [3.63, 3.8) is 0 Å². The van der Waals surface area contributed by atoms with Gasteiger partial charge in [-0.25, -0.2) is 27.5 Å². The summed E-state index contributed by atoms with van der Waals surface area (Å²) in [6.07, 6.45) is -3.40. The van der Waals surface area contributed by atoms with Crippen LogP contribution in [0.2, 0.25) is 0 Å². The topological polar surface area (TPSA) is 122 Å². The number of alkyl halides is 4. The van der Waals surface area contributed by atoms with Crippen LogP contribution in [-0.4, -0.2) is 46.4 Å². The first-order chi connectivity index (χ1) is 22.9. The molecule has 8 nitrogen and oxygen atoms in total. The molecule has 0 radical (unpaired) electrons. The number of rotatable bonds is 8. The Hall–Kier alpha value is -5.23. The van der Waals surface area contributed by atoms with E-state index in [0.717, 1.165) is 17.7 Å². The van der Waals surface area contributed by atoms with Crippen molar-refractivity contribution in [1.29, 1.82) is 0 Å². The average Bonchev–Trinajstić information content (AvgIpc) is 3.64. The second kappa shape index (κ2) is 11.8. The number of pyridine rings is 1. The summed E-state index contributed by atoms with van der Waals surface area (Å²) >= 11 is 1.31. The highest BCUT2D eigenvalue weighted by atomic mass is 32.1. The summed E-state index contributed by atoms with van der Waals surface area (Å²) < 4.78 is 85.8. The minimum atomic E-state index is -3.71. The molecule has 4 aromatic rings. The number of carbonyl (C=O) groups is 2. The fraction of sp³-hybridized carbons (Fsp3) is 0.242. The van der Waals surface area contributed by atoms with Gasteiger partial charge in [0.05, 0.1) is 28.1 Å². The van der Waals surface area contributed by atoms with Crippen molar-refractivity contribution >= 4 is 39.2 Å². The highest BCUT2D eigenvalue weighted by Crippen LogP contribution is 2.50. The van der Waals surface area contributed by atoms with E-state index in [2.05, 4.69) is 37.4 Å². The number of nitrogens with one attached hydrogen (secondary N) is 2. The number of thiazole rings is 1. The zero-order chi connectivity index (χ0) is 33.9. The first kappa shape index (κ1) is 31.4. The van der Waals surface area contributed by atoms with E-state index in [1.54, 1.807) is 18.2 Å². The van der Waals surface area contributed by atoms with Crippen LogP contribution in [0.3, 0.4) is 0 Å². The SMILES string of the molecule is NC(=C1C(=NCC(=O)NC(Cc2cc(F)cc(F)c2)c2ccc3sc(-c4ccc5c(c4)C(=O)NC5)nc3n2)C(F)(F)[C@@H]2C#C[C@H]12)C(F)F. The second-order valence-electron chi connectivity index (χ2n) is 11.4. The van der Waals surface area contributed by atoms with Crippen molar-refractivity contribution in [2.75, 3.05) is 6.54 Å². The summed E-state index contributed by atoms with van der Waals surface area (Å²) in [5.74, 6) is -4.61. The maximum absolute atomic E-state index is 15.1. The molecule has 0 saturated heterocycles. The lowest BCUT2D eigenvalue weighted by molar-refractivity contribution is -0.120. The predicted octanol–water partition coefficient (Wildman–Crippen LogP) is 5.10. The van der Waals surface area contributed by atoms with E-state index in [4.69, 9.17) is 5.73 Å². The van der Waals surface area contributed by atoms with E-state index in [9.17, 15) is 27.2 Å². The summed E-state index contributed by atoms with van der Waals surface area (Å²) in [4.78, 5) is 38.2. The molecular weight excluding hydrogens is 658 g/mol. The van der Waals surface area contributed by atoms with E-state index in [1.165, 1.54) is 11.3 Å². The van der Waals surface area contributed by atoms with Gasteiger partial charge in [0.15, 0.2) is 5.65 Å². The number of hydrogen-bond donors (Lipinski definition) is 3. The molecule has 1 fully saturated rings. The fourth-order valence-corrected chi connectivity index (χ4v) is 6.87. The number of aliphatic imine (C=N–C) groups is 1. The molecule has 48 heavy (non-hydrogen) atoms. The molecule has 7 rings (SSSR count). The standard InChI is InChI=1S/C33H22F6N6O2S/c34-17-7-14(8-18(35)11-17)9-23(43-25(46)13-41-28-26(27(40)29(36)37)19-3-4-21(19)33(28,38)39)22-5-6-24-30(44-22)45-32(48-24)15-1-2-16-12-42-31(47)20(16)10-15/h1-2,5-8,10-11,19,21,23,29H,9,12-13,40H2,(H,42,47)(H,43,46)/t19-,21+,23?/m0/s1. The van der Waals surface area contributed by atoms with Crippen molar-refractivity contribution in [1.82, 2.24) is 20.6 Å². The maximum Gasteiger partial charge on any atom is 0.304 e. The van der Waals surface area contributed by atoms with Crippen LogP contribution in [0.15, 0.2) is 64.8 Å². The molecular formula is C33H22F6N6O2S. The molecule has 1 saturated carbocycles. The third-order valence-electron chi connectivity index (χ3n) is 8.30. The predicted molar refractivity (Wildman–Crippen MR) is 164 cm³/mol. The number of aromatic nitrogens is 2. The summed E-state index contributed by atoms with van der Waals surface area (Å²) in [5.41, 5.74) is 5.56. The van der Waals surface area contributed by atoms with Crippen LogP contribution in [-0.2, 0) is 17.8 Å². The number of hydrogen-bond acceptors (Lipinski definition) is 7. The monoisotopic (exact) mass is 680 g/mol. The van der Waals surface area contributed by atoms with Gasteiger partial charge in [0.1, 0.15) is 34.8 Å². The number of amides is 2. The van der Waals surface area contributed by atoms with Crippen molar-refractivity contribution in [3.05, 3.63) is 93.8 Å². The van der Waals surface area contributed by atoms with E-state index in [1.807, 2.05) is 12.1 Å². The quantitative estimate of drug-likeness (QED) is 0.177. The van der Waals surface area contributed by atoms with Gasteiger partial charge in [-0.05, 0) is 47.9 Å². The van der Waals surface area contributed by atoms with Gasteiger partial charge >= 0.3 is 5.92 Å². The molecule has 15 heteroatoms. The Balaban J connectivity index is 1.19. The Morgan fingerprint density at radius 3 is 2.58 bits per heavy atom. The largest absolute Gasteiger partial charge is 0.397 e. The zero-order valence-corrected chi connectivity index (χ0v) is 25.3. The number of allylic oxidation sites excluding steroid dienone is 2. The Labute approximate surface area is 272 Å². The van der Waals surface area contributed by atoms with Gasteiger partial charge in [-0.15, -0.1) is 11.3 Å². The second-order valence-corrected chi connectivity index (χ2v) is 12.5. The molecule has 0 spiro atoms. The first-order valence-electron chi connectivity index (χ1n) is 14.5. The number of carbonyl (C=O) groups excluding carboxylic acids is 2. The van der Waals surface area contributed by atoms with Gasteiger partial charge in [0.2, 0.25) is 5.91 Å². The number of halogens is 6. The molecule has 2 aromatic carbocycles. The number of nitrogens with zero attached hydrogens (tertiary/aromatic N) is 3. The van der Waals surface area contributed by atoms with Gasteiger partial charge < -0.3 is 16.4 Å². The highest BCUT2D eigenvalue weighted by molar-refractivity contribution is 7.21. The number of fused-ring (bicyclic) bond motifs is 3. The summed E-state index contributed by atoms with van der Waals surface area (Å²) in [6.45, 7) is -0.457. The Bertz CT molecular complexity index is 2130. The van der Waals surface area contributed by atoms with Gasteiger partial charge in [-0.2, -0.15) is 8.78 Å². The highest BCUT2D eigenvalue weighted by Gasteiger charge is 2.61. The molecule has 2 aromatic heterocycles. The van der Waals surface area contributed by atoms with Gasteiger partial charge in [-0.3, -0.25) is 14.6 Å². The number of nitrogens with two attached hydrogens (primary N) is 1. The molecule has 1 aliphatic heterocycles. The van der Waals surface area contributed by atoms with Crippen molar-refractivity contribution in [2.45, 2.75) is 31.4 Å². The Morgan fingerprint density at radius 2 is 1.88 bits per heavy atom. The lowest BCUT2D eigenvalue weighted by Crippen LogP contribution is -2.35. The molecule has 2 aliphatic carbocycles. The van der Waals surface area contributed by atoms with Crippen LogP contribution >= 0.6 is 11.3 Å². The molecule has 244 valence electrons. The average molecular weight is 681 g/mol. The Kier molecular flexibility index (Phi) is 7.70. The lowest BCUT2D eigenvalue weighted by Gasteiger charge is -2.20. The summed E-state index contributed by atoms with van der Waals surface area (Å²) in [5, 5.41) is 5.95. The molecule has 1 unspecified atom stereocenters. The van der Waals surface area contributed by atoms with E-state index >= 15 is 8.78 Å². The molecule has 3 heterocycles. The van der Waals surface area contributed by atoms with Crippen LogP contribution in [0.4, 0.5) is 26.3 Å². The molecule has 3 aliphatic rings. The van der Waals surface area contributed by atoms with Crippen molar-refractivity contribution < 1.29 is 35.9 Å². The Morgan fingerprint density at radius 1 is 1.10 bits per heavy atom. The van der Waals surface area contributed by atoms with Gasteiger partial charge in [0, 0.05) is 29.3 Å². The van der Waals surface area contributed by atoms with Crippen LogP contribution in [0, 0.1) is 35.3 Å². The van der Waals surface area contributed by atoms with Crippen LogP contribution in [0.25, 0.3) is 20.9 Å². The van der Waals surface area contributed by atoms with Crippen LogP contribution in [0.5, 0.6) is 0 Å². The lowest BCUT2D eigenvalue weighted by atomic mass is 9.85. The zero-order valence-electron chi connectivity index (χ0n) is 24.5. The molecule has 4 N–H and O–H groups in total. The maximum atomic E-state index is 15.1. The van der Waals surface area contributed by atoms with E-state index < -0.39 is 71.3 Å². The molecule has 3 atom stereocenters. The van der Waals surface area contributed by atoms with E-state index in [-0.39, 0.29) is 23.6 Å². The van der Waals surface area contributed by atoms with Crippen molar-refractivity contribution in [2.24, 2.45) is 22.6 Å². The van der Waals surface area contributed by atoms with Crippen molar-refractivity contribution in [3.8, 4) is 22.4 Å². The minimum Gasteiger partial charge on any atom is -0.397 e. The molecule has 0 bridgehead atoms. The fourth-order valence-electron chi connectivity index (χ4n) is 5.97. The van der Waals surface area contributed by atoms with E-state index in [0.29, 0.717) is 39.1 Å². The molecule has 2 amide bonds. The smallest absolute Gasteiger partial charge is 0.304 e.